The van der Waals surface area contributed by atoms with Crippen LogP contribution in [0.15, 0.2) is 53.0 Å². The lowest BCUT2D eigenvalue weighted by Crippen LogP contribution is -2.18. The SMILES string of the molecule is C[C@H](NCc1ccc(C(F)(F)F)cc1)c1cccc(Br)c1.Cl. The summed E-state index contributed by atoms with van der Waals surface area (Å²) in [6, 6.07) is 13.3. The van der Waals surface area contributed by atoms with Gasteiger partial charge >= 0.3 is 6.18 Å². The second-order valence-electron chi connectivity index (χ2n) is 4.85. The van der Waals surface area contributed by atoms with Crippen LogP contribution in [0.25, 0.3) is 0 Å². The number of halogens is 5. The van der Waals surface area contributed by atoms with E-state index in [0.29, 0.717) is 6.54 Å². The monoisotopic (exact) mass is 393 g/mol. The van der Waals surface area contributed by atoms with Crippen LogP contribution in [-0.4, -0.2) is 0 Å². The lowest BCUT2D eigenvalue weighted by atomic mass is 10.1. The van der Waals surface area contributed by atoms with Crippen LogP contribution in [0.4, 0.5) is 13.2 Å². The van der Waals surface area contributed by atoms with Gasteiger partial charge in [-0.05, 0) is 42.3 Å². The van der Waals surface area contributed by atoms with Gasteiger partial charge in [0.25, 0.3) is 0 Å². The molecule has 2 aromatic carbocycles. The molecule has 0 radical (unpaired) electrons. The molecule has 1 atom stereocenters. The van der Waals surface area contributed by atoms with E-state index in [0.717, 1.165) is 27.7 Å². The van der Waals surface area contributed by atoms with E-state index in [4.69, 9.17) is 0 Å². The molecule has 0 bridgehead atoms. The Labute approximate surface area is 142 Å². The average molecular weight is 395 g/mol. The van der Waals surface area contributed by atoms with Gasteiger partial charge in [-0.2, -0.15) is 13.2 Å². The molecule has 120 valence electrons. The van der Waals surface area contributed by atoms with Crippen molar-refractivity contribution < 1.29 is 13.2 Å². The van der Waals surface area contributed by atoms with Gasteiger partial charge in [-0.25, -0.2) is 0 Å². The molecule has 0 saturated carbocycles. The Bertz CT molecular complexity index is 599. The quantitative estimate of drug-likeness (QED) is 0.697. The Morgan fingerprint density at radius 2 is 1.73 bits per heavy atom. The molecule has 2 rings (SSSR count). The van der Waals surface area contributed by atoms with Gasteiger partial charge in [0.2, 0.25) is 0 Å². The van der Waals surface area contributed by atoms with Crippen LogP contribution in [0.5, 0.6) is 0 Å². The van der Waals surface area contributed by atoms with E-state index in [1.807, 2.05) is 31.2 Å². The second kappa shape index (κ2) is 7.99. The van der Waals surface area contributed by atoms with Crippen LogP contribution in [0, 0.1) is 0 Å². The first-order valence-corrected chi connectivity index (χ1v) is 7.30. The number of benzene rings is 2. The topological polar surface area (TPSA) is 12.0 Å². The van der Waals surface area contributed by atoms with Gasteiger partial charge in [-0.1, -0.05) is 40.2 Å². The molecular formula is C16H16BrClF3N. The summed E-state index contributed by atoms with van der Waals surface area (Å²) < 4.78 is 38.4. The predicted molar refractivity (Wildman–Crippen MR) is 88.1 cm³/mol. The molecular weight excluding hydrogens is 379 g/mol. The zero-order valence-corrected chi connectivity index (χ0v) is 14.2. The zero-order valence-electron chi connectivity index (χ0n) is 11.8. The van der Waals surface area contributed by atoms with Crippen molar-refractivity contribution >= 4 is 28.3 Å². The molecule has 0 spiro atoms. The van der Waals surface area contributed by atoms with Gasteiger partial charge in [-0.15, -0.1) is 12.4 Å². The van der Waals surface area contributed by atoms with E-state index in [1.54, 1.807) is 0 Å². The maximum absolute atomic E-state index is 12.5. The highest BCUT2D eigenvalue weighted by Gasteiger charge is 2.29. The molecule has 1 N–H and O–H groups in total. The highest BCUT2D eigenvalue weighted by Crippen LogP contribution is 2.29. The molecule has 0 heterocycles. The van der Waals surface area contributed by atoms with Crippen LogP contribution in [0.1, 0.15) is 29.7 Å². The molecule has 22 heavy (non-hydrogen) atoms. The Kier molecular flexibility index (Phi) is 6.91. The van der Waals surface area contributed by atoms with Crippen molar-refractivity contribution in [3.8, 4) is 0 Å². The van der Waals surface area contributed by atoms with Gasteiger partial charge in [0, 0.05) is 17.1 Å². The summed E-state index contributed by atoms with van der Waals surface area (Å²) in [5.41, 5.74) is 1.33. The van der Waals surface area contributed by atoms with Crippen LogP contribution in [-0.2, 0) is 12.7 Å². The summed E-state index contributed by atoms with van der Waals surface area (Å²) in [5.74, 6) is 0. The predicted octanol–water partition coefficient (Wildman–Crippen LogP) is 5.74. The van der Waals surface area contributed by atoms with Crippen LogP contribution >= 0.6 is 28.3 Å². The summed E-state index contributed by atoms with van der Waals surface area (Å²) in [7, 11) is 0. The Hall–Kier alpha value is -1.04. The Balaban J connectivity index is 0.00000242. The number of hydrogen-bond donors (Lipinski definition) is 1. The third kappa shape index (κ3) is 5.30. The minimum absolute atomic E-state index is 0. The number of nitrogens with one attached hydrogen (secondary N) is 1. The maximum Gasteiger partial charge on any atom is 0.416 e. The van der Waals surface area contributed by atoms with Crippen molar-refractivity contribution in [3.05, 3.63) is 69.7 Å². The third-order valence-electron chi connectivity index (χ3n) is 3.24. The molecule has 0 fully saturated rings. The summed E-state index contributed by atoms with van der Waals surface area (Å²) >= 11 is 3.42. The van der Waals surface area contributed by atoms with Crippen LogP contribution < -0.4 is 5.32 Å². The molecule has 0 aromatic heterocycles. The first-order chi connectivity index (χ1) is 9.86. The molecule has 0 unspecified atom stereocenters. The zero-order chi connectivity index (χ0) is 15.5. The molecule has 1 nitrogen and oxygen atoms in total. The van der Waals surface area contributed by atoms with Crippen molar-refractivity contribution in [2.24, 2.45) is 0 Å². The standard InChI is InChI=1S/C16H15BrF3N.ClH/c1-11(13-3-2-4-15(17)9-13)21-10-12-5-7-14(8-6-12)16(18,19)20;/h2-9,11,21H,10H2,1H3;1H/t11-;/m0./s1. The average Bonchev–Trinajstić information content (AvgIpc) is 2.44. The first kappa shape index (κ1) is 19.0. The van der Waals surface area contributed by atoms with Gasteiger partial charge in [0.1, 0.15) is 0 Å². The van der Waals surface area contributed by atoms with Gasteiger partial charge in [0.15, 0.2) is 0 Å². The van der Waals surface area contributed by atoms with Crippen molar-refractivity contribution in [2.45, 2.75) is 25.7 Å². The fourth-order valence-electron chi connectivity index (χ4n) is 1.98. The molecule has 6 heteroatoms. The Morgan fingerprint density at radius 1 is 1.09 bits per heavy atom. The van der Waals surface area contributed by atoms with Gasteiger partial charge in [0.05, 0.1) is 5.56 Å². The van der Waals surface area contributed by atoms with Crippen LogP contribution in [0.2, 0.25) is 0 Å². The molecule has 0 saturated heterocycles. The fraction of sp³-hybridized carbons (Fsp3) is 0.250. The first-order valence-electron chi connectivity index (χ1n) is 6.51. The molecule has 2 aromatic rings. The van der Waals surface area contributed by atoms with Crippen molar-refractivity contribution in [2.75, 3.05) is 0 Å². The van der Waals surface area contributed by atoms with E-state index < -0.39 is 11.7 Å². The molecule has 0 aliphatic heterocycles. The van der Waals surface area contributed by atoms with E-state index in [-0.39, 0.29) is 18.4 Å². The van der Waals surface area contributed by atoms with Gasteiger partial charge in [-0.3, -0.25) is 0 Å². The number of rotatable bonds is 4. The highest BCUT2D eigenvalue weighted by molar-refractivity contribution is 9.10. The smallest absolute Gasteiger partial charge is 0.306 e. The maximum atomic E-state index is 12.5. The highest BCUT2D eigenvalue weighted by atomic mass is 79.9. The van der Waals surface area contributed by atoms with E-state index >= 15 is 0 Å². The van der Waals surface area contributed by atoms with Crippen molar-refractivity contribution in [1.82, 2.24) is 5.32 Å². The Morgan fingerprint density at radius 3 is 2.27 bits per heavy atom. The van der Waals surface area contributed by atoms with Crippen LogP contribution in [0.3, 0.4) is 0 Å². The summed E-state index contributed by atoms with van der Waals surface area (Å²) in [4.78, 5) is 0. The third-order valence-corrected chi connectivity index (χ3v) is 3.74. The number of alkyl halides is 3. The van der Waals surface area contributed by atoms with E-state index in [2.05, 4.69) is 21.2 Å². The molecule has 0 aliphatic rings. The fourth-order valence-corrected chi connectivity index (χ4v) is 2.39. The second-order valence-corrected chi connectivity index (χ2v) is 5.77. The summed E-state index contributed by atoms with van der Waals surface area (Å²) in [6.07, 6.45) is -4.28. The van der Waals surface area contributed by atoms with Crippen molar-refractivity contribution in [3.63, 3.8) is 0 Å². The van der Waals surface area contributed by atoms with Crippen molar-refractivity contribution in [1.29, 1.82) is 0 Å². The minimum atomic E-state index is -4.28. The lowest BCUT2D eigenvalue weighted by molar-refractivity contribution is -0.137. The van der Waals surface area contributed by atoms with E-state index in [9.17, 15) is 13.2 Å². The van der Waals surface area contributed by atoms with E-state index in [1.165, 1.54) is 12.1 Å². The summed E-state index contributed by atoms with van der Waals surface area (Å²) in [5, 5.41) is 3.30. The molecule has 0 aliphatic carbocycles. The molecule has 0 amide bonds. The summed E-state index contributed by atoms with van der Waals surface area (Å²) in [6.45, 7) is 2.54. The normalized spacial score (nSPS) is 12.6. The minimum Gasteiger partial charge on any atom is -0.306 e. The lowest BCUT2D eigenvalue weighted by Gasteiger charge is -2.15. The largest absolute Gasteiger partial charge is 0.416 e. The number of hydrogen-bond acceptors (Lipinski definition) is 1. The van der Waals surface area contributed by atoms with Gasteiger partial charge < -0.3 is 5.32 Å².